The average Bonchev–Trinajstić information content (AvgIpc) is 3.66. The summed E-state index contributed by atoms with van der Waals surface area (Å²) in [5.41, 5.74) is 0.446. The van der Waals surface area contributed by atoms with Gasteiger partial charge in [-0.2, -0.15) is 0 Å². The van der Waals surface area contributed by atoms with Crippen LogP contribution in [0.4, 0.5) is 0 Å². The average molecular weight is 438 g/mol. The number of amides is 2. The Bertz CT molecular complexity index is 1020. The van der Waals surface area contributed by atoms with E-state index >= 15 is 0 Å². The largest absolute Gasteiger partial charge is 0.497 e. The molecule has 32 heavy (non-hydrogen) atoms. The maximum absolute atomic E-state index is 13.1. The molecular weight excluding hydrogens is 406 g/mol. The molecule has 1 aromatic heterocycles. The molecule has 2 fully saturated rings. The minimum absolute atomic E-state index is 0.0129. The minimum Gasteiger partial charge on any atom is -0.497 e. The molecule has 0 unspecified atom stereocenters. The molecule has 2 aromatic rings. The van der Waals surface area contributed by atoms with Gasteiger partial charge in [0.05, 0.1) is 7.11 Å². The molecule has 2 aliphatic rings. The molecule has 7 nitrogen and oxygen atoms in total. The number of rotatable bonds is 7. The molecule has 2 saturated carbocycles. The van der Waals surface area contributed by atoms with Crippen LogP contribution in [0.5, 0.6) is 5.75 Å². The van der Waals surface area contributed by atoms with Gasteiger partial charge in [0.1, 0.15) is 16.9 Å². The summed E-state index contributed by atoms with van der Waals surface area (Å²) in [5.74, 6) is -0.106. The highest BCUT2D eigenvalue weighted by molar-refractivity contribution is 5.99. The van der Waals surface area contributed by atoms with Gasteiger partial charge in [0, 0.05) is 31.0 Å². The molecule has 2 amide bonds. The second-order valence-electron chi connectivity index (χ2n) is 8.79. The molecule has 7 heteroatoms. The third-order valence-corrected chi connectivity index (χ3v) is 6.31. The first-order chi connectivity index (χ1) is 15.5. The van der Waals surface area contributed by atoms with Crippen molar-refractivity contribution in [3.8, 4) is 5.75 Å². The number of nitrogens with zero attached hydrogens (tertiary/aromatic N) is 1. The standard InChI is InChI=1S/C25H31N3O4/c1-32-20-12-8-17(9-13-20)14-26-24(30)21-15-28(19-10-11-19)16-22(23(21)29)25(31)27-18-6-4-2-3-5-7-18/h8-9,12-13,15-16,18-19H,2-7,10-11,14H2,1H3,(H,26,30)(H,27,31). The minimum atomic E-state index is -0.514. The normalized spacial score (nSPS) is 16.8. The summed E-state index contributed by atoms with van der Waals surface area (Å²) in [6.45, 7) is 0.282. The van der Waals surface area contributed by atoms with Crippen LogP contribution >= 0.6 is 0 Å². The molecule has 0 radical (unpaired) electrons. The van der Waals surface area contributed by atoms with Crippen LogP contribution in [0.1, 0.15) is 83.7 Å². The van der Waals surface area contributed by atoms with Gasteiger partial charge >= 0.3 is 0 Å². The van der Waals surface area contributed by atoms with Gasteiger partial charge in [0.2, 0.25) is 5.43 Å². The van der Waals surface area contributed by atoms with E-state index in [4.69, 9.17) is 4.74 Å². The maximum atomic E-state index is 13.1. The lowest BCUT2D eigenvalue weighted by Gasteiger charge is -2.17. The van der Waals surface area contributed by atoms with Crippen molar-refractivity contribution < 1.29 is 14.3 Å². The predicted molar refractivity (Wildman–Crippen MR) is 122 cm³/mol. The summed E-state index contributed by atoms with van der Waals surface area (Å²) in [6, 6.07) is 7.69. The smallest absolute Gasteiger partial charge is 0.257 e. The Labute approximate surface area is 188 Å². The number of pyridine rings is 1. The lowest BCUT2D eigenvalue weighted by molar-refractivity contribution is 0.0931. The maximum Gasteiger partial charge on any atom is 0.257 e. The highest BCUT2D eigenvalue weighted by Crippen LogP contribution is 2.34. The summed E-state index contributed by atoms with van der Waals surface area (Å²) < 4.78 is 7.00. The third-order valence-electron chi connectivity index (χ3n) is 6.31. The van der Waals surface area contributed by atoms with Gasteiger partial charge < -0.3 is 19.9 Å². The second-order valence-corrected chi connectivity index (χ2v) is 8.79. The second kappa shape index (κ2) is 10.0. The number of benzene rings is 1. The van der Waals surface area contributed by atoms with Crippen LogP contribution in [0.25, 0.3) is 0 Å². The number of hydrogen-bond acceptors (Lipinski definition) is 4. The SMILES string of the molecule is COc1ccc(CNC(=O)c2cn(C3CC3)cc(C(=O)NC3CCCCCC3)c2=O)cc1. The first-order valence-electron chi connectivity index (χ1n) is 11.5. The van der Waals surface area contributed by atoms with E-state index in [0.29, 0.717) is 0 Å². The zero-order valence-electron chi connectivity index (χ0n) is 18.6. The van der Waals surface area contributed by atoms with Crippen molar-refractivity contribution in [1.82, 2.24) is 15.2 Å². The molecule has 170 valence electrons. The molecule has 0 atom stereocenters. The topological polar surface area (TPSA) is 89.4 Å². The fourth-order valence-corrected chi connectivity index (χ4v) is 4.21. The number of carbonyl (C=O) groups is 2. The van der Waals surface area contributed by atoms with Gasteiger partial charge in [-0.05, 0) is 43.4 Å². The molecule has 2 N–H and O–H groups in total. The first kappa shape index (κ1) is 22.1. The zero-order valence-corrected chi connectivity index (χ0v) is 18.6. The van der Waals surface area contributed by atoms with Crippen molar-refractivity contribution in [3.05, 3.63) is 63.6 Å². The van der Waals surface area contributed by atoms with Gasteiger partial charge in [-0.25, -0.2) is 0 Å². The highest BCUT2D eigenvalue weighted by atomic mass is 16.5. The van der Waals surface area contributed by atoms with Crippen LogP contribution in [0.15, 0.2) is 41.5 Å². The van der Waals surface area contributed by atoms with Crippen molar-refractivity contribution in [2.24, 2.45) is 0 Å². The Morgan fingerprint density at radius 3 is 2.16 bits per heavy atom. The van der Waals surface area contributed by atoms with Gasteiger partial charge in [-0.1, -0.05) is 37.8 Å². The quantitative estimate of drug-likeness (QED) is 0.648. The van der Waals surface area contributed by atoms with E-state index in [2.05, 4.69) is 10.6 Å². The van der Waals surface area contributed by atoms with Crippen molar-refractivity contribution >= 4 is 11.8 Å². The Hall–Kier alpha value is -3.09. The number of ether oxygens (including phenoxy) is 1. The molecule has 1 heterocycles. The Morgan fingerprint density at radius 2 is 1.56 bits per heavy atom. The van der Waals surface area contributed by atoms with E-state index in [9.17, 15) is 14.4 Å². The Morgan fingerprint density at radius 1 is 0.938 bits per heavy atom. The lowest BCUT2D eigenvalue weighted by Crippen LogP contribution is -2.39. The van der Waals surface area contributed by atoms with E-state index in [-0.39, 0.29) is 35.7 Å². The summed E-state index contributed by atoms with van der Waals surface area (Å²) in [4.78, 5) is 39.0. The van der Waals surface area contributed by atoms with E-state index < -0.39 is 11.3 Å². The lowest BCUT2D eigenvalue weighted by atomic mass is 10.1. The van der Waals surface area contributed by atoms with Crippen LogP contribution in [0, 0.1) is 0 Å². The molecule has 0 bridgehead atoms. The molecule has 0 aliphatic heterocycles. The third kappa shape index (κ3) is 5.39. The fraction of sp³-hybridized carbons (Fsp3) is 0.480. The predicted octanol–water partition coefficient (Wildman–Crippen LogP) is 3.57. The monoisotopic (exact) mass is 437 g/mol. The van der Waals surface area contributed by atoms with Crippen molar-refractivity contribution in [2.75, 3.05) is 7.11 Å². The molecule has 0 spiro atoms. The summed E-state index contributed by atoms with van der Waals surface area (Å²) in [6.07, 6.45) is 11.6. The molecule has 4 rings (SSSR count). The summed E-state index contributed by atoms with van der Waals surface area (Å²) >= 11 is 0. The van der Waals surface area contributed by atoms with E-state index in [1.807, 2.05) is 28.8 Å². The number of carbonyl (C=O) groups excluding carboxylic acids is 2. The van der Waals surface area contributed by atoms with E-state index in [1.165, 1.54) is 12.8 Å². The molecular formula is C25H31N3O4. The van der Waals surface area contributed by atoms with Gasteiger partial charge in [-0.15, -0.1) is 0 Å². The van der Waals surface area contributed by atoms with E-state index in [1.54, 1.807) is 19.5 Å². The molecule has 0 saturated heterocycles. The van der Waals surface area contributed by atoms with Crippen molar-refractivity contribution in [2.45, 2.75) is 70.0 Å². The van der Waals surface area contributed by atoms with Gasteiger partial charge in [0.15, 0.2) is 0 Å². The molecule has 1 aromatic carbocycles. The van der Waals surface area contributed by atoms with Crippen LogP contribution < -0.4 is 20.8 Å². The van der Waals surface area contributed by atoms with Gasteiger partial charge in [0.25, 0.3) is 11.8 Å². The number of methoxy groups -OCH3 is 1. The first-order valence-corrected chi connectivity index (χ1v) is 11.5. The van der Waals surface area contributed by atoms with Crippen molar-refractivity contribution in [3.63, 3.8) is 0 Å². The zero-order chi connectivity index (χ0) is 22.5. The summed E-state index contributed by atoms with van der Waals surface area (Å²) in [7, 11) is 1.60. The number of nitrogens with one attached hydrogen (secondary N) is 2. The Kier molecular flexibility index (Phi) is 6.93. The molecule has 2 aliphatic carbocycles. The van der Waals surface area contributed by atoms with E-state index in [0.717, 1.165) is 49.8 Å². The van der Waals surface area contributed by atoms with Crippen LogP contribution in [-0.4, -0.2) is 29.5 Å². The number of hydrogen-bond donors (Lipinski definition) is 2. The Balaban J connectivity index is 1.51. The van der Waals surface area contributed by atoms with Crippen LogP contribution in [-0.2, 0) is 6.54 Å². The highest BCUT2D eigenvalue weighted by Gasteiger charge is 2.27. The summed E-state index contributed by atoms with van der Waals surface area (Å²) in [5, 5.41) is 5.85. The van der Waals surface area contributed by atoms with Crippen LogP contribution in [0.2, 0.25) is 0 Å². The number of aromatic nitrogens is 1. The van der Waals surface area contributed by atoms with Crippen molar-refractivity contribution in [1.29, 1.82) is 0 Å². The fourth-order valence-electron chi connectivity index (χ4n) is 4.21. The van der Waals surface area contributed by atoms with Gasteiger partial charge in [-0.3, -0.25) is 14.4 Å². The van der Waals surface area contributed by atoms with Crippen LogP contribution in [0.3, 0.4) is 0 Å².